The smallest absolute Gasteiger partial charge is 0.267 e. The van der Waals surface area contributed by atoms with Crippen molar-refractivity contribution in [3.63, 3.8) is 0 Å². The van der Waals surface area contributed by atoms with Crippen molar-refractivity contribution in [3.05, 3.63) is 69.5 Å². The van der Waals surface area contributed by atoms with Gasteiger partial charge in [-0.2, -0.15) is 0 Å². The summed E-state index contributed by atoms with van der Waals surface area (Å²) in [5.74, 6) is -0.961. The van der Waals surface area contributed by atoms with Gasteiger partial charge in [-0.1, -0.05) is 49.6 Å². The van der Waals surface area contributed by atoms with E-state index in [0.717, 1.165) is 19.3 Å². The summed E-state index contributed by atoms with van der Waals surface area (Å²) in [5.41, 5.74) is 0.319. The molecule has 0 saturated carbocycles. The third-order valence-electron chi connectivity index (χ3n) is 4.44. The van der Waals surface area contributed by atoms with Crippen molar-refractivity contribution in [3.8, 4) is 5.75 Å². The summed E-state index contributed by atoms with van der Waals surface area (Å²) in [4.78, 5) is 25.8. The number of halogens is 1. The molecule has 3 rings (SSSR count). The Morgan fingerprint density at radius 3 is 2.67 bits per heavy atom. The van der Waals surface area contributed by atoms with E-state index in [4.69, 9.17) is 11.6 Å². The number of para-hydroxylation sites is 1. The van der Waals surface area contributed by atoms with E-state index >= 15 is 0 Å². The van der Waals surface area contributed by atoms with Gasteiger partial charge in [0.2, 0.25) is 0 Å². The van der Waals surface area contributed by atoms with E-state index in [1.54, 1.807) is 47.0 Å². The van der Waals surface area contributed by atoms with Crippen LogP contribution in [-0.4, -0.2) is 15.6 Å². The van der Waals surface area contributed by atoms with Crippen molar-refractivity contribution >= 4 is 34.1 Å². The number of unbranched alkanes of at least 4 members (excludes halogenated alkanes) is 2. The predicted octanol–water partition coefficient (Wildman–Crippen LogP) is 4.80. The molecule has 27 heavy (non-hydrogen) atoms. The Bertz CT molecular complexity index is 1040. The molecule has 1 aromatic heterocycles. The van der Waals surface area contributed by atoms with Crippen LogP contribution in [0.1, 0.15) is 36.5 Å². The monoisotopic (exact) mass is 384 g/mol. The maximum atomic E-state index is 13.0. The molecular weight excluding hydrogens is 364 g/mol. The molecule has 0 bridgehead atoms. The zero-order valence-corrected chi connectivity index (χ0v) is 15.8. The highest BCUT2D eigenvalue weighted by atomic mass is 35.5. The third-order valence-corrected chi connectivity index (χ3v) is 4.68. The van der Waals surface area contributed by atoms with E-state index in [-0.39, 0.29) is 11.3 Å². The van der Waals surface area contributed by atoms with Crippen molar-refractivity contribution in [2.45, 2.75) is 32.7 Å². The maximum absolute atomic E-state index is 13.0. The summed E-state index contributed by atoms with van der Waals surface area (Å²) in [6, 6.07) is 13.7. The first-order valence-electron chi connectivity index (χ1n) is 8.94. The van der Waals surface area contributed by atoms with Gasteiger partial charge in [0.25, 0.3) is 11.5 Å². The van der Waals surface area contributed by atoms with Crippen LogP contribution < -0.4 is 10.9 Å². The molecule has 0 aliphatic heterocycles. The zero-order chi connectivity index (χ0) is 19.4. The number of hydrogen-bond acceptors (Lipinski definition) is 3. The molecule has 0 aliphatic rings. The van der Waals surface area contributed by atoms with E-state index < -0.39 is 11.5 Å². The minimum atomic E-state index is -0.658. The number of aromatic nitrogens is 1. The van der Waals surface area contributed by atoms with Gasteiger partial charge in [0.1, 0.15) is 11.3 Å². The number of carbonyl (C=O) groups is 1. The first-order chi connectivity index (χ1) is 13.0. The van der Waals surface area contributed by atoms with Crippen LogP contribution in [0.15, 0.2) is 53.3 Å². The normalized spacial score (nSPS) is 10.9. The Balaban J connectivity index is 2.08. The van der Waals surface area contributed by atoms with E-state index in [9.17, 15) is 14.7 Å². The second-order valence-corrected chi connectivity index (χ2v) is 6.81. The Kier molecular flexibility index (Phi) is 5.81. The Labute approximate surface area is 162 Å². The number of anilines is 1. The van der Waals surface area contributed by atoms with Gasteiger partial charge in [-0.25, -0.2) is 0 Å². The van der Waals surface area contributed by atoms with Gasteiger partial charge in [0, 0.05) is 22.6 Å². The average Bonchev–Trinajstić information content (AvgIpc) is 2.64. The maximum Gasteiger partial charge on any atom is 0.267 e. The van der Waals surface area contributed by atoms with Crippen molar-refractivity contribution in [1.29, 1.82) is 0 Å². The molecule has 0 aliphatic carbocycles. The molecular formula is C21H21ClN2O3. The molecule has 2 aromatic carbocycles. The second kappa shape index (κ2) is 8.27. The highest BCUT2D eigenvalue weighted by Crippen LogP contribution is 2.27. The molecule has 0 saturated heterocycles. The fraction of sp³-hybridized carbons (Fsp3) is 0.238. The topological polar surface area (TPSA) is 71.3 Å². The molecule has 0 fully saturated rings. The van der Waals surface area contributed by atoms with Gasteiger partial charge < -0.3 is 15.0 Å². The minimum Gasteiger partial charge on any atom is -0.506 e. The number of aryl methyl sites for hydroxylation is 1. The molecule has 0 unspecified atom stereocenters. The van der Waals surface area contributed by atoms with E-state index in [1.807, 2.05) is 6.07 Å². The Hall–Kier alpha value is -2.79. The standard InChI is InChI=1S/C21H21ClN2O3/c1-2-3-6-12-24-17-11-5-4-10-16(17)19(25)18(21(24)27)20(26)23-15-9-7-8-14(22)13-15/h4-5,7-11,13,25H,2-3,6,12H2,1H3,(H,23,26). The Morgan fingerprint density at radius 2 is 1.93 bits per heavy atom. The average molecular weight is 385 g/mol. The number of amides is 1. The van der Waals surface area contributed by atoms with Crippen LogP contribution in [-0.2, 0) is 6.54 Å². The lowest BCUT2D eigenvalue weighted by atomic mass is 10.1. The lowest BCUT2D eigenvalue weighted by molar-refractivity contribution is 0.102. The van der Waals surface area contributed by atoms with Gasteiger partial charge in [0.15, 0.2) is 0 Å². The fourth-order valence-electron chi connectivity index (χ4n) is 3.10. The van der Waals surface area contributed by atoms with Crippen molar-refractivity contribution in [2.75, 3.05) is 5.32 Å². The van der Waals surface area contributed by atoms with Crippen LogP contribution in [0.4, 0.5) is 5.69 Å². The number of nitrogens with zero attached hydrogens (tertiary/aromatic N) is 1. The van der Waals surface area contributed by atoms with E-state index in [0.29, 0.717) is 28.2 Å². The summed E-state index contributed by atoms with van der Waals surface area (Å²) in [5, 5.41) is 14.2. The minimum absolute atomic E-state index is 0.259. The molecule has 0 atom stereocenters. The van der Waals surface area contributed by atoms with Gasteiger partial charge in [0.05, 0.1) is 5.52 Å². The number of fused-ring (bicyclic) bond motifs is 1. The molecule has 2 N–H and O–H groups in total. The van der Waals surface area contributed by atoms with Crippen LogP contribution in [0.5, 0.6) is 5.75 Å². The zero-order valence-electron chi connectivity index (χ0n) is 15.0. The number of hydrogen-bond donors (Lipinski definition) is 2. The van der Waals surface area contributed by atoms with Gasteiger partial charge in [-0.3, -0.25) is 9.59 Å². The van der Waals surface area contributed by atoms with Crippen LogP contribution in [0.3, 0.4) is 0 Å². The number of pyridine rings is 1. The molecule has 140 valence electrons. The summed E-state index contributed by atoms with van der Waals surface area (Å²) in [6.45, 7) is 2.58. The van der Waals surface area contributed by atoms with Gasteiger partial charge >= 0.3 is 0 Å². The lowest BCUT2D eigenvalue weighted by Crippen LogP contribution is -2.30. The number of aromatic hydroxyl groups is 1. The molecule has 1 amide bonds. The second-order valence-electron chi connectivity index (χ2n) is 6.37. The first kappa shape index (κ1) is 19.0. The quantitative estimate of drug-likeness (QED) is 0.599. The van der Waals surface area contributed by atoms with Gasteiger partial charge in [-0.05, 0) is 36.8 Å². The first-order valence-corrected chi connectivity index (χ1v) is 9.32. The summed E-state index contributed by atoms with van der Waals surface area (Å²) in [7, 11) is 0. The van der Waals surface area contributed by atoms with Crippen LogP contribution in [0.25, 0.3) is 10.9 Å². The van der Waals surface area contributed by atoms with Gasteiger partial charge in [-0.15, -0.1) is 0 Å². The third kappa shape index (κ3) is 3.98. The van der Waals surface area contributed by atoms with E-state index in [2.05, 4.69) is 12.2 Å². The number of nitrogens with one attached hydrogen (secondary N) is 1. The highest BCUT2D eigenvalue weighted by Gasteiger charge is 2.22. The van der Waals surface area contributed by atoms with Crippen molar-refractivity contribution in [2.24, 2.45) is 0 Å². The van der Waals surface area contributed by atoms with Crippen molar-refractivity contribution < 1.29 is 9.90 Å². The van der Waals surface area contributed by atoms with Crippen LogP contribution in [0, 0.1) is 0 Å². The predicted molar refractivity (Wildman–Crippen MR) is 109 cm³/mol. The summed E-state index contributed by atoms with van der Waals surface area (Å²) in [6.07, 6.45) is 2.82. The molecule has 5 nitrogen and oxygen atoms in total. The number of carbonyl (C=O) groups excluding carboxylic acids is 1. The summed E-state index contributed by atoms with van der Waals surface area (Å²) >= 11 is 5.94. The Morgan fingerprint density at radius 1 is 1.15 bits per heavy atom. The molecule has 0 radical (unpaired) electrons. The highest BCUT2D eigenvalue weighted by molar-refractivity contribution is 6.31. The molecule has 0 spiro atoms. The lowest BCUT2D eigenvalue weighted by Gasteiger charge is -2.15. The van der Waals surface area contributed by atoms with Crippen LogP contribution >= 0.6 is 11.6 Å². The molecule has 3 aromatic rings. The largest absolute Gasteiger partial charge is 0.506 e. The number of rotatable bonds is 6. The fourth-order valence-corrected chi connectivity index (χ4v) is 3.29. The summed E-state index contributed by atoms with van der Waals surface area (Å²) < 4.78 is 1.57. The molecule has 6 heteroatoms. The van der Waals surface area contributed by atoms with E-state index in [1.165, 1.54) is 0 Å². The molecule has 1 heterocycles. The number of benzene rings is 2. The van der Waals surface area contributed by atoms with Crippen LogP contribution in [0.2, 0.25) is 5.02 Å². The van der Waals surface area contributed by atoms with Crippen molar-refractivity contribution in [1.82, 2.24) is 4.57 Å². The SMILES string of the molecule is CCCCCn1c(=O)c(C(=O)Nc2cccc(Cl)c2)c(O)c2ccccc21.